The topological polar surface area (TPSA) is 157 Å². The highest BCUT2D eigenvalue weighted by Crippen LogP contribution is 2.29. The third kappa shape index (κ3) is 8.69. The number of carbonyl (C=O) groups is 1. The number of carbonyl (C=O) groups excluding carboxylic acids is 1. The van der Waals surface area contributed by atoms with E-state index in [1.54, 1.807) is 59.7 Å². The molecule has 0 spiro atoms. The van der Waals surface area contributed by atoms with Crippen LogP contribution >= 0.6 is 23.2 Å². The van der Waals surface area contributed by atoms with Crippen LogP contribution in [0.2, 0.25) is 10.0 Å². The number of aromatic nitrogens is 4. The number of hydrogen-bond acceptors (Lipinski definition) is 8. The lowest BCUT2D eigenvalue weighted by molar-refractivity contribution is -0.122. The quantitative estimate of drug-likeness (QED) is 0.160. The van der Waals surface area contributed by atoms with Crippen molar-refractivity contribution in [3.8, 4) is 5.82 Å². The maximum absolute atomic E-state index is 13.6. The van der Waals surface area contributed by atoms with Gasteiger partial charge in [0.1, 0.15) is 24.0 Å². The first-order valence-corrected chi connectivity index (χ1v) is 16.7. The summed E-state index contributed by atoms with van der Waals surface area (Å²) in [5, 5.41) is 15.9. The number of imidazole rings is 1. The van der Waals surface area contributed by atoms with E-state index in [0.717, 1.165) is 36.8 Å². The number of rotatable bonds is 12. The number of anilines is 2. The molecular formula is C30H34Cl2N8O3S. The molecule has 1 amide bonds. The summed E-state index contributed by atoms with van der Waals surface area (Å²) in [5.74, 6) is 1.60. The minimum atomic E-state index is -3.78. The molecule has 1 aliphatic carbocycles. The molecule has 1 fully saturated rings. The first kappa shape index (κ1) is 31.7. The van der Waals surface area contributed by atoms with Gasteiger partial charge >= 0.3 is 0 Å². The fourth-order valence-electron chi connectivity index (χ4n) is 5.23. The van der Waals surface area contributed by atoms with Crippen LogP contribution in [0.15, 0.2) is 72.1 Å². The van der Waals surface area contributed by atoms with Crippen molar-refractivity contribution in [3.63, 3.8) is 0 Å². The number of amides is 1. The van der Waals surface area contributed by atoms with Crippen LogP contribution in [-0.2, 0) is 27.9 Å². The number of nitrogens with one attached hydrogen (secondary N) is 3. The highest BCUT2D eigenvalue weighted by molar-refractivity contribution is 7.89. The number of hydrogen-bond donors (Lipinski definition) is 4. The first-order chi connectivity index (χ1) is 21.1. The van der Waals surface area contributed by atoms with Crippen molar-refractivity contribution >= 4 is 50.9 Å². The van der Waals surface area contributed by atoms with E-state index in [-0.39, 0.29) is 17.3 Å². The highest BCUT2D eigenvalue weighted by Gasteiger charge is 2.25. The van der Waals surface area contributed by atoms with Gasteiger partial charge in [-0.15, -0.1) is 0 Å². The first-order valence-electron chi connectivity index (χ1n) is 14.4. The Morgan fingerprint density at radius 3 is 2.48 bits per heavy atom. The van der Waals surface area contributed by atoms with E-state index >= 15 is 0 Å². The number of sulfonamides is 1. The fraction of sp³-hybridized carbons (Fsp3) is 0.333. The zero-order chi connectivity index (χ0) is 31.1. The van der Waals surface area contributed by atoms with Gasteiger partial charge < -0.3 is 16.0 Å². The van der Waals surface area contributed by atoms with Crippen molar-refractivity contribution in [2.75, 3.05) is 10.6 Å². The second-order valence-electron chi connectivity index (χ2n) is 10.8. The summed E-state index contributed by atoms with van der Waals surface area (Å²) < 4.78 is 25.0. The van der Waals surface area contributed by atoms with Crippen molar-refractivity contribution in [3.05, 3.63) is 88.4 Å². The molecule has 2 aromatic carbocycles. The van der Waals surface area contributed by atoms with Gasteiger partial charge in [-0.25, -0.2) is 18.5 Å². The lowest BCUT2D eigenvalue weighted by Crippen LogP contribution is -2.41. The van der Waals surface area contributed by atoms with Gasteiger partial charge in [-0.2, -0.15) is 9.97 Å². The number of benzene rings is 2. The van der Waals surface area contributed by atoms with Gasteiger partial charge in [0.05, 0.1) is 4.90 Å². The van der Waals surface area contributed by atoms with Crippen LogP contribution < -0.4 is 21.1 Å². The van der Waals surface area contributed by atoms with Crippen LogP contribution in [0.3, 0.4) is 0 Å². The van der Waals surface area contributed by atoms with E-state index < -0.39 is 16.1 Å². The smallest absolute Gasteiger partial charge is 0.242 e. The Bertz CT molecular complexity index is 1680. The summed E-state index contributed by atoms with van der Waals surface area (Å²) in [7, 11) is -3.78. The van der Waals surface area contributed by atoms with Crippen LogP contribution in [-0.4, -0.2) is 39.9 Å². The van der Waals surface area contributed by atoms with Gasteiger partial charge in [-0.1, -0.05) is 73.5 Å². The van der Waals surface area contributed by atoms with Crippen molar-refractivity contribution in [2.24, 2.45) is 11.1 Å². The van der Waals surface area contributed by atoms with Crippen LogP contribution in [0.5, 0.6) is 0 Å². The lowest BCUT2D eigenvalue weighted by Gasteiger charge is -2.27. The van der Waals surface area contributed by atoms with Gasteiger partial charge in [0.2, 0.25) is 21.9 Å². The average Bonchev–Trinajstić information content (AvgIpc) is 3.55. The monoisotopic (exact) mass is 656 g/mol. The Kier molecular flexibility index (Phi) is 10.4. The van der Waals surface area contributed by atoms with Gasteiger partial charge in [0.25, 0.3) is 0 Å². The number of nitrogens with two attached hydrogens (primary N) is 1. The maximum atomic E-state index is 13.6. The van der Waals surface area contributed by atoms with E-state index in [1.807, 2.05) is 0 Å². The minimum Gasteiger partial charge on any atom is -0.358 e. The van der Waals surface area contributed by atoms with E-state index in [4.69, 9.17) is 28.3 Å². The molecule has 1 aliphatic rings. The molecule has 0 aliphatic heterocycles. The molecule has 0 radical (unpaired) electrons. The van der Waals surface area contributed by atoms with Crippen molar-refractivity contribution < 1.29 is 13.2 Å². The van der Waals surface area contributed by atoms with Gasteiger partial charge in [0, 0.05) is 41.6 Å². The fourth-order valence-corrected chi connectivity index (χ4v) is 6.22. The molecule has 1 atom stereocenters. The van der Waals surface area contributed by atoms with Crippen molar-refractivity contribution in [1.82, 2.24) is 24.8 Å². The number of nitrogens with zero attached hydrogens (tertiary/aromatic N) is 4. The highest BCUT2D eigenvalue weighted by atomic mass is 35.5. The molecule has 2 aromatic heterocycles. The van der Waals surface area contributed by atoms with E-state index in [9.17, 15) is 13.2 Å². The molecule has 4 aromatic rings. The number of primary sulfonamides is 1. The van der Waals surface area contributed by atoms with Crippen LogP contribution in [0.4, 0.5) is 11.8 Å². The molecule has 5 N–H and O–H groups in total. The summed E-state index contributed by atoms with van der Waals surface area (Å²) >= 11 is 12.4. The summed E-state index contributed by atoms with van der Waals surface area (Å²) in [6, 6.07) is 12.7. The Labute approximate surface area is 266 Å². The Morgan fingerprint density at radius 1 is 1.02 bits per heavy atom. The SMILES string of the molecule is NS(=O)(=O)c1ccc(CNc2nc(NC(CC3CCCCC3)C(=O)NCc3ccc(Cl)cc3Cl)cc(-n3ccnc3)n2)cc1. The average molecular weight is 658 g/mol. The number of halogens is 2. The summed E-state index contributed by atoms with van der Waals surface area (Å²) in [4.78, 5) is 27.1. The molecule has 1 unspecified atom stereocenters. The third-order valence-electron chi connectivity index (χ3n) is 7.58. The van der Waals surface area contributed by atoms with Crippen LogP contribution in [0, 0.1) is 5.92 Å². The predicted octanol–water partition coefficient (Wildman–Crippen LogP) is 5.30. The largest absolute Gasteiger partial charge is 0.358 e. The van der Waals surface area contributed by atoms with E-state index in [1.165, 1.54) is 18.6 Å². The molecule has 2 heterocycles. The van der Waals surface area contributed by atoms with Crippen LogP contribution in [0.1, 0.15) is 49.7 Å². The second-order valence-corrected chi connectivity index (χ2v) is 13.2. The van der Waals surface area contributed by atoms with Crippen LogP contribution in [0.25, 0.3) is 5.82 Å². The molecule has 5 rings (SSSR count). The molecule has 11 nitrogen and oxygen atoms in total. The van der Waals surface area contributed by atoms with E-state index in [2.05, 4.69) is 30.9 Å². The lowest BCUT2D eigenvalue weighted by atomic mass is 9.84. The van der Waals surface area contributed by atoms with Crippen molar-refractivity contribution in [1.29, 1.82) is 0 Å². The van der Waals surface area contributed by atoms with Gasteiger partial charge in [-0.3, -0.25) is 9.36 Å². The molecule has 0 bridgehead atoms. The third-order valence-corrected chi connectivity index (χ3v) is 9.10. The zero-order valence-corrected chi connectivity index (χ0v) is 26.2. The Balaban J connectivity index is 1.36. The normalized spacial score (nSPS) is 14.6. The summed E-state index contributed by atoms with van der Waals surface area (Å²) in [6.07, 6.45) is 11.4. The standard InChI is InChI=1S/C30H34Cl2N8O3S/c31-23-9-8-22(25(32)15-23)18-35-29(41)26(14-20-4-2-1-3-5-20)37-27-16-28(40-13-12-34-19-40)39-30(38-27)36-17-21-6-10-24(11-7-21)44(33,42)43/h6-13,15-16,19-20,26H,1-5,14,17-18H2,(H,35,41)(H2,33,42,43)(H2,36,37,38,39). The molecule has 1 saturated carbocycles. The summed E-state index contributed by atoms with van der Waals surface area (Å²) in [6.45, 7) is 0.588. The molecule has 232 valence electrons. The Hall–Kier alpha value is -3.71. The molecule has 44 heavy (non-hydrogen) atoms. The minimum absolute atomic E-state index is 0.0340. The van der Waals surface area contributed by atoms with Crippen molar-refractivity contribution in [2.45, 2.75) is 62.6 Å². The molecular weight excluding hydrogens is 623 g/mol. The molecule has 14 heteroatoms. The maximum Gasteiger partial charge on any atom is 0.242 e. The zero-order valence-electron chi connectivity index (χ0n) is 23.9. The molecule has 0 saturated heterocycles. The summed E-state index contributed by atoms with van der Waals surface area (Å²) in [5.41, 5.74) is 1.58. The predicted molar refractivity (Wildman–Crippen MR) is 171 cm³/mol. The second kappa shape index (κ2) is 14.4. The van der Waals surface area contributed by atoms with Gasteiger partial charge in [-0.05, 0) is 47.7 Å². The Morgan fingerprint density at radius 2 is 1.80 bits per heavy atom. The van der Waals surface area contributed by atoms with E-state index in [0.29, 0.717) is 46.5 Å². The van der Waals surface area contributed by atoms with Gasteiger partial charge in [0.15, 0.2) is 0 Å².